The molecule has 0 aliphatic carbocycles. The number of carbonyl (C=O) groups is 2. The van der Waals surface area contributed by atoms with Gasteiger partial charge in [0.1, 0.15) is 5.69 Å². The quantitative estimate of drug-likeness (QED) is 0.543. The summed E-state index contributed by atoms with van der Waals surface area (Å²) in [5, 5.41) is 5.19. The number of halogens is 3. The second-order valence-corrected chi connectivity index (χ2v) is 7.94. The first-order valence-corrected chi connectivity index (χ1v) is 10.5. The number of pyridine rings is 1. The molecule has 1 heterocycles. The minimum Gasteiger partial charge on any atom is -0.354 e. The maximum atomic E-state index is 12.8. The van der Waals surface area contributed by atoms with Gasteiger partial charge < -0.3 is 10.6 Å². The smallest absolute Gasteiger partial charge is 0.354 e. The van der Waals surface area contributed by atoms with E-state index in [1.54, 1.807) is 25.4 Å². The molecule has 166 valence electrons. The van der Waals surface area contributed by atoms with Crippen molar-refractivity contribution in [1.29, 1.82) is 0 Å². The zero-order chi connectivity index (χ0) is 23.1. The van der Waals surface area contributed by atoms with Gasteiger partial charge in [0, 0.05) is 35.1 Å². The van der Waals surface area contributed by atoms with Crippen LogP contribution in [0.3, 0.4) is 0 Å². The van der Waals surface area contributed by atoms with E-state index in [0.717, 1.165) is 27.5 Å². The van der Waals surface area contributed by atoms with Crippen LogP contribution in [-0.2, 0) is 12.6 Å². The molecule has 3 aromatic rings. The number of nitrogens with one attached hydrogen (secondary N) is 2. The maximum Gasteiger partial charge on any atom is 0.416 e. The van der Waals surface area contributed by atoms with Crippen LogP contribution < -0.4 is 10.6 Å². The topological polar surface area (TPSA) is 71.1 Å². The first kappa shape index (κ1) is 23.3. The zero-order valence-electron chi connectivity index (χ0n) is 17.1. The number of amides is 2. The number of hydrogen-bond acceptors (Lipinski definition) is 4. The van der Waals surface area contributed by atoms with Crippen LogP contribution in [-0.4, -0.2) is 30.4 Å². The molecule has 0 unspecified atom stereocenters. The van der Waals surface area contributed by atoms with Gasteiger partial charge >= 0.3 is 6.18 Å². The van der Waals surface area contributed by atoms with Gasteiger partial charge in [-0.15, -0.1) is 0 Å². The predicted octanol–water partition coefficient (Wildman–Crippen LogP) is 4.58. The fraction of sp³-hybridized carbons (Fsp3) is 0.174. The Morgan fingerprint density at radius 3 is 2.47 bits per heavy atom. The number of rotatable bonds is 7. The fourth-order valence-electron chi connectivity index (χ4n) is 2.89. The molecule has 0 saturated heterocycles. The molecule has 0 saturated carbocycles. The second kappa shape index (κ2) is 10.3. The van der Waals surface area contributed by atoms with Crippen LogP contribution in [0.25, 0.3) is 0 Å². The van der Waals surface area contributed by atoms with Crippen molar-refractivity contribution < 1.29 is 22.8 Å². The van der Waals surface area contributed by atoms with Crippen molar-refractivity contribution in [2.24, 2.45) is 0 Å². The fourth-order valence-corrected chi connectivity index (χ4v) is 3.82. The average molecular weight is 459 g/mol. The lowest BCUT2D eigenvalue weighted by molar-refractivity contribution is -0.137. The van der Waals surface area contributed by atoms with Gasteiger partial charge in [-0.1, -0.05) is 30.0 Å². The highest BCUT2D eigenvalue weighted by Crippen LogP contribution is 2.30. The van der Waals surface area contributed by atoms with Crippen molar-refractivity contribution >= 4 is 23.6 Å². The molecule has 0 atom stereocenters. The lowest BCUT2D eigenvalue weighted by Crippen LogP contribution is -2.26. The highest BCUT2D eigenvalue weighted by Gasteiger charge is 2.30. The third-order valence-corrected chi connectivity index (χ3v) is 5.46. The van der Waals surface area contributed by atoms with Crippen molar-refractivity contribution in [3.63, 3.8) is 0 Å². The first-order chi connectivity index (χ1) is 15.3. The maximum absolute atomic E-state index is 12.8. The monoisotopic (exact) mass is 459 g/mol. The molecule has 0 spiro atoms. The normalized spacial score (nSPS) is 11.1. The molecule has 1 aromatic heterocycles. The molecule has 0 radical (unpaired) electrons. The highest BCUT2D eigenvalue weighted by atomic mass is 32.2. The van der Waals surface area contributed by atoms with E-state index < -0.39 is 17.6 Å². The zero-order valence-corrected chi connectivity index (χ0v) is 17.9. The molecule has 0 fully saturated rings. The van der Waals surface area contributed by atoms with Gasteiger partial charge in [0.15, 0.2) is 0 Å². The largest absolute Gasteiger partial charge is 0.416 e. The minimum absolute atomic E-state index is 0.0336. The van der Waals surface area contributed by atoms with Gasteiger partial charge in [-0.2, -0.15) is 13.2 Å². The molecular formula is C23H20F3N3O2S. The van der Waals surface area contributed by atoms with Gasteiger partial charge in [0.25, 0.3) is 11.8 Å². The number of nitrogens with zero attached hydrogens (tertiary/aromatic N) is 1. The number of alkyl halides is 3. The van der Waals surface area contributed by atoms with Crippen molar-refractivity contribution in [3.8, 4) is 0 Å². The van der Waals surface area contributed by atoms with Crippen LogP contribution in [0.2, 0.25) is 0 Å². The molecule has 3 rings (SSSR count). The van der Waals surface area contributed by atoms with Crippen LogP contribution in [0.15, 0.2) is 76.7 Å². The number of aromatic nitrogens is 1. The molecule has 2 amide bonds. The SMILES string of the molecule is CNC(=O)c1cc(Sc2cccc(CCNC(=O)c3cccc(C(F)(F)F)c3)c2)ccn1. The molecule has 9 heteroatoms. The van der Waals surface area contributed by atoms with E-state index in [4.69, 9.17) is 0 Å². The number of benzene rings is 2. The Morgan fingerprint density at radius 1 is 0.969 bits per heavy atom. The van der Waals surface area contributed by atoms with Crippen molar-refractivity contribution in [2.45, 2.75) is 22.4 Å². The summed E-state index contributed by atoms with van der Waals surface area (Å²) in [6, 6.07) is 15.5. The Hall–Kier alpha value is -3.33. The Bertz CT molecular complexity index is 1120. The summed E-state index contributed by atoms with van der Waals surface area (Å²) in [6.45, 7) is 0.277. The van der Waals surface area contributed by atoms with Crippen LogP contribution >= 0.6 is 11.8 Å². The standard InChI is InChI=1S/C23H20F3N3O2S/c1-27-22(31)20-14-19(9-11-28-20)32-18-7-2-4-15(12-18)8-10-29-21(30)16-5-3-6-17(13-16)23(24,25)26/h2-7,9,11-14H,8,10H2,1H3,(H,27,31)(H,29,30). The van der Waals surface area contributed by atoms with Crippen molar-refractivity contribution in [3.05, 3.63) is 89.2 Å². The molecule has 5 nitrogen and oxygen atoms in total. The third-order valence-electron chi connectivity index (χ3n) is 4.48. The van der Waals surface area contributed by atoms with Crippen LogP contribution in [0, 0.1) is 0 Å². The lowest BCUT2D eigenvalue weighted by atomic mass is 10.1. The molecule has 0 bridgehead atoms. The van der Waals surface area contributed by atoms with Crippen molar-refractivity contribution in [1.82, 2.24) is 15.6 Å². The molecule has 32 heavy (non-hydrogen) atoms. The Labute approximate surface area is 187 Å². The minimum atomic E-state index is -4.50. The Balaban J connectivity index is 1.59. The summed E-state index contributed by atoms with van der Waals surface area (Å²) in [5.41, 5.74) is 0.394. The highest BCUT2D eigenvalue weighted by molar-refractivity contribution is 7.99. The lowest BCUT2D eigenvalue weighted by Gasteiger charge is -2.10. The van der Waals surface area contributed by atoms with Crippen LogP contribution in [0.4, 0.5) is 13.2 Å². The summed E-state index contributed by atoms with van der Waals surface area (Å²) in [6.07, 6.45) is -2.41. The van der Waals surface area contributed by atoms with Crippen molar-refractivity contribution in [2.75, 3.05) is 13.6 Å². The summed E-state index contributed by atoms with van der Waals surface area (Å²) >= 11 is 1.47. The third kappa shape index (κ3) is 6.34. The van der Waals surface area contributed by atoms with Gasteiger partial charge in [0.2, 0.25) is 0 Å². The predicted molar refractivity (Wildman–Crippen MR) is 116 cm³/mol. The van der Waals surface area contributed by atoms with Gasteiger partial charge in [-0.25, -0.2) is 0 Å². The number of carbonyl (C=O) groups excluding carboxylic acids is 2. The van der Waals surface area contributed by atoms with E-state index >= 15 is 0 Å². The molecule has 2 aromatic carbocycles. The molecule has 2 N–H and O–H groups in total. The Kier molecular flexibility index (Phi) is 7.53. The van der Waals surface area contributed by atoms with Crippen LogP contribution in [0.5, 0.6) is 0 Å². The van der Waals surface area contributed by atoms with Gasteiger partial charge in [-0.3, -0.25) is 14.6 Å². The summed E-state index contributed by atoms with van der Waals surface area (Å²) in [4.78, 5) is 29.8. The molecule has 0 aliphatic heterocycles. The van der Waals surface area contributed by atoms with E-state index in [1.807, 2.05) is 24.3 Å². The van der Waals surface area contributed by atoms with Crippen LogP contribution in [0.1, 0.15) is 32.0 Å². The Morgan fingerprint density at radius 2 is 1.72 bits per heavy atom. The van der Waals surface area contributed by atoms with E-state index in [1.165, 1.54) is 23.9 Å². The average Bonchev–Trinajstić information content (AvgIpc) is 2.78. The molecular weight excluding hydrogens is 439 g/mol. The van der Waals surface area contributed by atoms with Gasteiger partial charge in [0.05, 0.1) is 5.56 Å². The van der Waals surface area contributed by atoms with Gasteiger partial charge in [-0.05, 0) is 54.4 Å². The summed E-state index contributed by atoms with van der Waals surface area (Å²) in [5.74, 6) is -0.821. The summed E-state index contributed by atoms with van der Waals surface area (Å²) in [7, 11) is 1.54. The second-order valence-electron chi connectivity index (χ2n) is 6.79. The van der Waals surface area contributed by atoms with E-state index in [0.29, 0.717) is 12.1 Å². The molecule has 0 aliphatic rings. The number of hydrogen-bond donors (Lipinski definition) is 2. The van der Waals surface area contributed by atoms with E-state index in [2.05, 4.69) is 15.6 Å². The first-order valence-electron chi connectivity index (χ1n) is 9.66. The van der Waals surface area contributed by atoms with E-state index in [9.17, 15) is 22.8 Å². The van der Waals surface area contributed by atoms with E-state index in [-0.39, 0.29) is 18.0 Å². The summed E-state index contributed by atoms with van der Waals surface area (Å²) < 4.78 is 38.5.